The minimum absolute atomic E-state index is 0.287. The lowest BCUT2D eigenvalue weighted by molar-refractivity contribution is 0.809. The van der Waals surface area contributed by atoms with Gasteiger partial charge in [0.05, 0.1) is 10.2 Å². The number of halogens is 2. The summed E-state index contributed by atoms with van der Waals surface area (Å²) in [5, 5.41) is 0.470. The lowest BCUT2D eigenvalue weighted by Gasteiger charge is -2.14. The second-order valence-electron chi connectivity index (χ2n) is 5.47. The number of aryl methyl sites for hydroxylation is 3. The molecule has 1 aromatic carbocycles. The van der Waals surface area contributed by atoms with Crippen LogP contribution in [0.4, 0.5) is 0 Å². The van der Waals surface area contributed by atoms with Gasteiger partial charge in [0.2, 0.25) is 0 Å². The minimum Gasteiger partial charge on any atom is -0.231 e. The summed E-state index contributed by atoms with van der Waals surface area (Å²) in [4.78, 5) is 9.16. The molecule has 20 heavy (non-hydrogen) atoms. The van der Waals surface area contributed by atoms with Crippen molar-refractivity contribution in [2.24, 2.45) is 0 Å². The average Bonchev–Trinajstić information content (AvgIpc) is 2.31. The fraction of sp³-hybridized carbons (Fsp3) is 0.375. The summed E-state index contributed by atoms with van der Waals surface area (Å²) < 4.78 is 0.792. The highest BCUT2D eigenvalue weighted by molar-refractivity contribution is 9.10. The number of aromatic nitrogens is 2. The van der Waals surface area contributed by atoms with Crippen LogP contribution in [0.5, 0.6) is 0 Å². The van der Waals surface area contributed by atoms with Crippen LogP contribution in [0.15, 0.2) is 16.6 Å². The smallest absolute Gasteiger partial charge is 0.161 e. The largest absolute Gasteiger partial charge is 0.231 e. The van der Waals surface area contributed by atoms with Crippen LogP contribution >= 0.6 is 27.5 Å². The van der Waals surface area contributed by atoms with Gasteiger partial charge in [-0.15, -0.1) is 0 Å². The maximum Gasteiger partial charge on any atom is 0.161 e. The second-order valence-corrected chi connectivity index (χ2v) is 6.62. The molecule has 0 aliphatic heterocycles. The van der Waals surface area contributed by atoms with E-state index in [-0.39, 0.29) is 5.92 Å². The van der Waals surface area contributed by atoms with Gasteiger partial charge in [0.15, 0.2) is 5.82 Å². The Morgan fingerprint density at radius 2 is 1.60 bits per heavy atom. The van der Waals surface area contributed by atoms with Crippen molar-refractivity contribution in [3.8, 4) is 11.4 Å². The van der Waals surface area contributed by atoms with Crippen molar-refractivity contribution in [3.05, 3.63) is 44.1 Å². The number of hydrogen-bond donors (Lipinski definition) is 0. The van der Waals surface area contributed by atoms with Crippen molar-refractivity contribution in [3.63, 3.8) is 0 Å². The highest BCUT2D eigenvalue weighted by Crippen LogP contribution is 2.33. The monoisotopic (exact) mass is 352 g/mol. The fourth-order valence-corrected chi connectivity index (χ4v) is 3.28. The predicted molar refractivity (Wildman–Crippen MR) is 88.5 cm³/mol. The molecule has 2 aromatic rings. The second kappa shape index (κ2) is 5.82. The third-order valence-corrected chi connectivity index (χ3v) is 4.57. The van der Waals surface area contributed by atoms with E-state index in [1.165, 1.54) is 16.7 Å². The molecule has 0 fully saturated rings. The molecule has 1 aromatic heterocycles. The van der Waals surface area contributed by atoms with Crippen LogP contribution in [0.2, 0.25) is 5.15 Å². The molecular formula is C16H18BrClN2. The molecule has 0 bridgehead atoms. The van der Waals surface area contributed by atoms with Gasteiger partial charge in [0.1, 0.15) is 5.15 Å². The Hall–Kier alpha value is -0.930. The van der Waals surface area contributed by atoms with Gasteiger partial charge in [0, 0.05) is 5.56 Å². The Labute approximate surface area is 133 Å². The Morgan fingerprint density at radius 1 is 1.05 bits per heavy atom. The molecule has 0 aliphatic rings. The van der Waals surface area contributed by atoms with E-state index in [1.807, 2.05) is 0 Å². The van der Waals surface area contributed by atoms with Crippen LogP contribution < -0.4 is 0 Å². The van der Waals surface area contributed by atoms with E-state index in [2.05, 4.69) is 67.7 Å². The zero-order chi connectivity index (χ0) is 15.0. The van der Waals surface area contributed by atoms with Gasteiger partial charge in [0.25, 0.3) is 0 Å². The number of nitrogens with zero attached hydrogens (tertiary/aromatic N) is 2. The molecule has 0 saturated carbocycles. The molecule has 0 atom stereocenters. The summed E-state index contributed by atoms with van der Waals surface area (Å²) in [7, 11) is 0. The van der Waals surface area contributed by atoms with Gasteiger partial charge in [-0.05, 0) is 53.7 Å². The van der Waals surface area contributed by atoms with Gasteiger partial charge in [-0.3, -0.25) is 0 Å². The van der Waals surface area contributed by atoms with E-state index in [9.17, 15) is 0 Å². The summed E-state index contributed by atoms with van der Waals surface area (Å²) >= 11 is 9.73. The highest BCUT2D eigenvalue weighted by atomic mass is 79.9. The predicted octanol–water partition coefficient (Wildman–Crippen LogP) is 5.61. The minimum atomic E-state index is 0.287. The third kappa shape index (κ3) is 2.89. The first kappa shape index (κ1) is 15.5. The van der Waals surface area contributed by atoms with Crippen molar-refractivity contribution in [1.82, 2.24) is 9.97 Å². The first-order valence-corrected chi connectivity index (χ1v) is 7.79. The van der Waals surface area contributed by atoms with Gasteiger partial charge >= 0.3 is 0 Å². The summed E-state index contributed by atoms with van der Waals surface area (Å²) in [6.45, 7) is 10.5. The molecule has 0 amide bonds. The Balaban J connectivity index is 2.71. The summed E-state index contributed by atoms with van der Waals surface area (Å²) in [5.74, 6) is 0.992. The quantitative estimate of drug-likeness (QED) is 0.656. The first-order chi connectivity index (χ1) is 9.31. The van der Waals surface area contributed by atoms with Crippen molar-refractivity contribution in [1.29, 1.82) is 0 Å². The van der Waals surface area contributed by atoms with Gasteiger partial charge < -0.3 is 0 Å². The molecule has 0 saturated heterocycles. The molecular weight excluding hydrogens is 336 g/mol. The first-order valence-electron chi connectivity index (χ1n) is 6.62. The SMILES string of the molecule is Cc1cc(C)c(-c2nc(Cl)c(Br)c(C(C)C)n2)c(C)c1. The van der Waals surface area contributed by atoms with Crippen LogP contribution in [-0.2, 0) is 0 Å². The van der Waals surface area contributed by atoms with E-state index in [4.69, 9.17) is 16.6 Å². The van der Waals surface area contributed by atoms with Crippen molar-refractivity contribution in [2.75, 3.05) is 0 Å². The zero-order valence-electron chi connectivity index (χ0n) is 12.4. The molecule has 2 nitrogen and oxygen atoms in total. The molecule has 2 rings (SSSR count). The molecule has 0 radical (unpaired) electrons. The average molecular weight is 354 g/mol. The maximum atomic E-state index is 6.25. The van der Waals surface area contributed by atoms with Gasteiger partial charge in [-0.25, -0.2) is 9.97 Å². The van der Waals surface area contributed by atoms with Crippen LogP contribution in [0.25, 0.3) is 11.4 Å². The fourth-order valence-electron chi connectivity index (χ4n) is 2.46. The number of rotatable bonds is 2. The Kier molecular flexibility index (Phi) is 4.50. The topological polar surface area (TPSA) is 25.8 Å². The standard InChI is InChI=1S/C16H18BrClN2/c1-8(2)14-13(17)15(18)20-16(19-14)12-10(4)6-9(3)7-11(12)5/h6-8H,1-5H3. The van der Waals surface area contributed by atoms with Gasteiger partial charge in [-0.1, -0.05) is 43.1 Å². The molecule has 0 unspecified atom stereocenters. The molecule has 4 heteroatoms. The Bertz CT molecular complexity index is 643. The molecule has 1 heterocycles. The molecule has 106 valence electrons. The summed E-state index contributed by atoms with van der Waals surface area (Å²) in [6, 6.07) is 4.30. The zero-order valence-corrected chi connectivity index (χ0v) is 14.7. The number of hydrogen-bond acceptors (Lipinski definition) is 2. The van der Waals surface area contributed by atoms with Crippen molar-refractivity contribution >= 4 is 27.5 Å². The summed E-state index contributed by atoms with van der Waals surface area (Å²) in [5.41, 5.74) is 5.62. The van der Waals surface area contributed by atoms with E-state index in [0.717, 1.165) is 15.7 Å². The van der Waals surface area contributed by atoms with Crippen LogP contribution in [0.1, 0.15) is 42.1 Å². The molecule has 0 N–H and O–H groups in total. The normalized spacial score (nSPS) is 11.2. The maximum absolute atomic E-state index is 6.25. The molecule has 0 aliphatic carbocycles. The van der Waals surface area contributed by atoms with Crippen LogP contribution in [0, 0.1) is 20.8 Å². The van der Waals surface area contributed by atoms with E-state index in [0.29, 0.717) is 11.0 Å². The molecule has 0 spiro atoms. The van der Waals surface area contributed by atoms with Crippen LogP contribution in [0.3, 0.4) is 0 Å². The lowest BCUT2D eigenvalue weighted by Crippen LogP contribution is -2.02. The Morgan fingerprint density at radius 3 is 2.10 bits per heavy atom. The lowest BCUT2D eigenvalue weighted by atomic mass is 9.99. The van der Waals surface area contributed by atoms with E-state index >= 15 is 0 Å². The van der Waals surface area contributed by atoms with Crippen molar-refractivity contribution < 1.29 is 0 Å². The van der Waals surface area contributed by atoms with Crippen LogP contribution in [-0.4, -0.2) is 9.97 Å². The highest BCUT2D eigenvalue weighted by Gasteiger charge is 2.17. The van der Waals surface area contributed by atoms with Gasteiger partial charge in [-0.2, -0.15) is 0 Å². The van der Waals surface area contributed by atoms with E-state index < -0.39 is 0 Å². The van der Waals surface area contributed by atoms with Crippen molar-refractivity contribution in [2.45, 2.75) is 40.5 Å². The third-order valence-electron chi connectivity index (χ3n) is 3.28. The summed E-state index contributed by atoms with van der Waals surface area (Å²) in [6.07, 6.45) is 0. The number of benzene rings is 1. The van der Waals surface area contributed by atoms with E-state index in [1.54, 1.807) is 0 Å².